The van der Waals surface area contributed by atoms with Gasteiger partial charge in [0.15, 0.2) is 0 Å². The van der Waals surface area contributed by atoms with Crippen molar-refractivity contribution >= 4 is 29.9 Å². The third-order valence-electron chi connectivity index (χ3n) is 5.08. The van der Waals surface area contributed by atoms with Gasteiger partial charge in [0.05, 0.1) is 17.8 Å². The Balaban J connectivity index is 0.00000240. The van der Waals surface area contributed by atoms with Gasteiger partial charge < -0.3 is 10.6 Å². The van der Waals surface area contributed by atoms with Crippen molar-refractivity contribution in [2.75, 3.05) is 13.1 Å². The summed E-state index contributed by atoms with van der Waals surface area (Å²) < 4.78 is 1.83. The van der Waals surface area contributed by atoms with Crippen molar-refractivity contribution in [3.63, 3.8) is 0 Å². The molecule has 2 aromatic carbocycles. The number of rotatable bonds is 4. The van der Waals surface area contributed by atoms with Crippen LogP contribution < -0.4 is 5.73 Å². The predicted octanol–water partition coefficient (Wildman–Crippen LogP) is 4.11. The molecule has 29 heavy (non-hydrogen) atoms. The molecule has 1 atom stereocenters. The lowest BCUT2D eigenvalue weighted by atomic mass is 10.0. The van der Waals surface area contributed by atoms with Crippen LogP contribution in [-0.4, -0.2) is 39.7 Å². The Morgan fingerprint density at radius 1 is 1.14 bits per heavy atom. The maximum absolute atomic E-state index is 12.9. The van der Waals surface area contributed by atoms with E-state index in [1.165, 1.54) is 0 Å². The van der Waals surface area contributed by atoms with Crippen molar-refractivity contribution in [2.45, 2.75) is 25.3 Å². The van der Waals surface area contributed by atoms with Crippen LogP contribution in [0.3, 0.4) is 0 Å². The summed E-state index contributed by atoms with van der Waals surface area (Å²) in [6, 6.07) is 17.5. The third-order valence-corrected chi connectivity index (χ3v) is 5.33. The standard InChI is InChI=1S/C22H23ClN4O.ClH/c23-18-10-8-16(9-11-18)22-17(13-21(28)26-12-4-5-19(24)15-26)14-27(25-22)20-6-2-1-3-7-20;/h1-3,6-11,14,19H,4-5,12-13,15,24H2;1H. The Kier molecular flexibility index (Phi) is 6.96. The quantitative estimate of drug-likeness (QED) is 0.677. The monoisotopic (exact) mass is 430 g/mol. The lowest BCUT2D eigenvalue weighted by Gasteiger charge is -2.30. The maximum atomic E-state index is 12.9. The highest BCUT2D eigenvalue weighted by Gasteiger charge is 2.23. The minimum absolute atomic E-state index is 0. The number of piperidine rings is 1. The number of hydrogen-bond donors (Lipinski definition) is 1. The topological polar surface area (TPSA) is 64.2 Å². The molecule has 152 valence electrons. The normalized spacial score (nSPS) is 16.3. The van der Waals surface area contributed by atoms with Gasteiger partial charge in [-0.1, -0.05) is 41.9 Å². The minimum atomic E-state index is 0. The van der Waals surface area contributed by atoms with Gasteiger partial charge in [-0.25, -0.2) is 4.68 Å². The van der Waals surface area contributed by atoms with E-state index in [0.717, 1.165) is 41.9 Å². The van der Waals surface area contributed by atoms with Crippen molar-refractivity contribution in [1.29, 1.82) is 0 Å². The van der Waals surface area contributed by atoms with Crippen LogP contribution in [0.1, 0.15) is 18.4 Å². The third kappa shape index (κ3) is 4.99. The molecule has 0 saturated carbocycles. The average molecular weight is 431 g/mol. The number of aromatic nitrogens is 2. The van der Waals surface area contributed by atoms with Crippen LogP contribution >= 0.6 is 24.0 Å². The summed E-state index contributed by atoms with van der Waals surface area (Å²) in [5, 5.41) is 5.44. The van der Waals surface area contributed by atoms with Crippen molar-refractivity contribution in [3.8, 4) is 16.9 Å². The maximum Gasteiger partial charge on any atom is 0.227 e. The van der Waals surface area contributed by atoms with E-state index in [2.05, 4.69) is 0 Å². The fourth-order valence-corrected chi connectivity index (χ4v) is 3.74. The lowest BCUT2D eigenvalue weighted by Crippen LogP contribution is -2.46. The largest absolute Gasteiger partial charge is 0.341 e. The van der Waals surface area contributed by atoms with Crippen LogP contribution in [0.5, 0.6) is 0 Å². The molecule has 1 aliphatic heterocycles. The van der Waals surface area contributed by atoms with E-state index in [0.29, 0.717) is 18.0 Å². The Bertz CT molecular complexity index is 957. The number of hydrogen-bond acceptors (Lipinski definition) is 3. The van der Waals surface area contributed by atoms with Crippen molar-refractivity contribution < 1.29 is 4.79 Å². The second-order valence-corrected chi connectivity index (χ2v) is 7.65. The fourth-order valence-electron chi connectivity index (χ4n) is 3.61. The lowest BCUT2D eigenvalue weighted by molar-refractivity contribution is -0.131. The second kappa shape index (κ2) is 9.44. The number of para-hydroxylation sites is 1. The SMILES string of the molecule is Cl.NC1CCCN(C(=O)Cc2cn(-c3ccccc3)nc2-c2ccc(Cl)cc2)C1. The molecule has 1 aliphatic rings. The van der Waals surface area contributed by atoms with E-state index in [4.69, 9.17) is 22.4 Å². The van der Waals surface area contributed by atoms with Gasteiger partial charge >= 0.3 is 0 Å². The smallest absolute Gasteiger partial charge is 0.227 e. The summed E-state index contributed by atoms with van der Waals surface area (Å²) in [5.74, 6) is 0.0953. The molecule has 2 heterocycles. The van der Waals surface area contributed by atoms with Gasteiger partial charge in [-0.05, 0) is 37.1 Å². The zero-order valence-electron chi connectivity index (χ0n) is 16.0. The van der Waals surface area contributed by atoms with E-state index in [-0.39, 0.29) is 24.4 Å². The molecule has 3 aromatic rings. The van der Waals surface area contributed by atoms with Crippen LogP contribution in [0, 0.1) is 0 Å². The molecule has 0 spiro atoms. The number of carbonyl (C=O) groups is 1. The van der Waals surface area contributed by atoms with Gasteiger partial charge in [0.25, 0.3) is 0 Å². The van der Waals surface area contributed by atoms with Gasteiger partial charge in [0, 0.05) is 41.5 Å². The highest BCUT2D eigenvalue weighted by atomic mass is 35.5. The summed E-state index contributed by atoms with van der Waals surface area (Å²) in [6.45, 7) is 1.40. The van der Waals surface area contributed by atoms with Crippen molar-refractivity contribution in [1.82, 2.24) is 14.7 Å². The second-order valence-electron chi connectivity index (χ2n) is 7.21. The minimum Gasteiger partial charge on any atom is -0.341 e. The number of nitrogens with two attached hydrogens (primary N) is 1. The summed E-state index contributed by atoms with van der Waals surface area (Å²) in [4.78, 5) is 14.8. The molecule has 2 N–H and O–H groups in total. The van der Waals surface area contributed by atoms with Gasteiger partial charge in [-0.3, -0.25) is 4.79 Å². The number of carbonyl (C=O) groups excluding carboxylic acids is 1. The van der Waals surface area contributed by atoms with Gasteiger partial charge in [-0.15, -0.1) is 12.4 Å². The van der Waals surface area contributed by atoms with Gasteiger partial charge in [0.2, 0.25) is 5.91 Å². The molecule has 0 bridgehead atoms. The molecular formula is C22H24Cl2N4O. The Labute approximate surface area is 181 Å². The van der Waals surface area contributed by atoms with Crippen LogP contribution in [0.25, 0.3) is 16.9 Å². The van der Waals surface area contributed by atoms with Crippen molar-refractivity contribution in [2.24, 2.45) is 5.73 Å². The summed E-state index contributed by atoms with van der Waals surface area (Å²) >= 11 is 6.04. The number of likely N-dealkylation sites (tertiary alicyclic amines) is 1. The summed E-state index contributed by atoms with van der Waals surface area (Å²) in [7, 11) is 0. The molecule has 5 nitrogen and oxygen atoms in total. The zero-order chi connectivity index (χ0) is 19.5. The molecule has 1 saturated heterocycles. The van der Waals surface area contributed by atoms with Crippen molar-refractivity contribution in [3.05, 3.63) is 71.4 Å². The Morgan fingerprint density at radius 2 is 1.86 bits per heavy atom. The Hall–Kier alpha value is -2.34. The molecular weight excluding hydrogens is 407 g/mol. The first-order chi connectivity index (χ1) is 13.6. The van der Waals surface area contributed by atoms with E-state index in [1.807, 2.05) is 70.4 Å². The number of amides is 1. The first-order valence-corrected chi connectivity index (χ1v) is 9.91. The molecule has 1 unspecified atom stereocenters. The fraction of sp³-hybridized carbons (Fsp3) is 0.273. The average Bonchev–Trinajstić information content (AvgIpc) is 3.13. The highest BCUT2D eigenvalue weighted by molar-refractivity contribution is 6.30. The molecule has 1 amide bonds. The highest BCUT2D eigenvalue weighted by Crippen LogP contribution is 2.26. The number of halogens is 2. The van der Waals surface area contributed by atoms with Crippen LogP contribution in [-0.2, 0) is 11.2 Å². The first-order valence-electron chi connectivity index (χ1n) is 9.53. The molecule has 7 heteroatoms. The Morgan fingerprint density at radius 3 is 2.55 bits per heavy atom. The zero-order valence-corrected chi connectivity index (χ0v) is 17.6. The van der Waals surface area contributed by atoms with Crippen LogP contribution in [0.2, 0.25) is 5.02 Å². The molecule has 1 aromatic heterocycles. The van der Waals surface area contributed by atoms with E-state index < -0.39 is 0 Å². The first kappa shape index (κ1) is 21.4. The van der Waals surface area contributed by atoms with Crippen LogP contribution in [0.4, 0.5) is 0 Å². The van der Waals surface area contributed by atoms with Gasteiger partial charge in [-0.2, -0.15) is 5.10 Å². The van der Waals surface area contributed by atoms with Gasteiger partial charge in [0.1, 0.15) is 0 Å². The molecule has 0 aliphatic carbocycles. The summed E-state index contributed by atoms with van der Waals surface area (Å²) in [6.07, 6.45) is 4.19. The number of benzene rings is 2. The predicted molar refractivity (Wildman–Crippen MR) is 119 cm³/mol. The molecule has 1 fully saturated rings. The van der Waals surface area contributed by atoms with Crippen LogP contribution in [0.15, 0.2) is 60.8 Å². The van der Waals surface area contributed by atoms with E-state index >= 15 is 0 Å². The van der Waals surface area contributed by atoms with E-state index in [1.54, 1.807) is 0 Å². The molecule has 4 rings (SSSR count). The van der Waals surface area contributed by atoms with E-state index in [9.17, 15) is 4.79 Å². The number of nitrogens with zero attached hydrogens (tertiary/aromatic N) is 3. The summed E-state index contributed by atoms with van der Waals surface area (Å²) in [5.41, 5.74) is 9.65. The molecule has 0 radical (unpaired) electrons.